The Balaban J connectivity index is 1.62. The lowest BCUT2D eigenvalue weighted by atomic mass is 10.1. The summed E-state index contributed by atoms with van der Waals surface area (Å²) in [6, 6.07) is 9.50. The molecule has 2 aromatic rings. The first kappa shape index (κ1) is 13.6. The number of carbonyl (C=O) groups excluding carboxylic acids is 1. The number of anilines is 1. The van der Waals surface area contributed by atoms with Gasteiger partial charge in [-0.1, -0.05) is 12.1 Å². The number of carbonyl (C=O) groups is 1. The summed E-state index contributed by atoms with van der Waals surface area (Å²) in [4.78, 5) is 13.9. The van der Waals surface area contributed by atoms with Crippen LogP contribution in [0.1, 0.15) is 6.42 Å². The number of amides is 2. The number of urea groups is 1. The minimum absolute atomic E-state index is 0.0798. The molecule has 0 radical (unpaired) electrons. The van der Waals surface area contributed by atoms with Gasteiger partial charge >= 0.3 is 6.03 Å². The lowest BCUT2D eigenvalue weighted by Crippen LogP contribution is -2.33. The summed E-state index contributed by atoms with van der Waals surface area (Å²) in [5.74, 6) is 0. The van der Waals surface area contributed by atoms with Crippen molar-refractivity contribution in [2.75, 3.05) is 25.5 Å². The van der Waals surface area contributed by atoms with Crippen molar-refractivity contribution in [3.63, 3.8) is 0 Å². The molecule has 1 aromatic carbocycles. The van der Waals surface area contributed by atoms with Crippen LogP contribution in [0, 0.1) is 0 Å². The van der Waals surface area contributed by atoms with Gasteiger partial charge in [0.15, 0.2) is 0 Å². The van der Waals surface area contributed by atoms with E-state index < -0.39 is 0 Å². The van der Waals surface area contributed by atoms with Crippen LogP contribution >= 0.6 is 0 Å². The first-order chi connectivity index (χ1) is 10.3. The number of likely N-dealkylation sites (tertiary alicyclic amines) is 1. The number of nitrogens with zero attached hydrogens (tertiary/aromatic N) is 2. The van der Waals surface area contributed by atoms with E-state index in [-0.39, 0.29) is 12.1 Å². The van der Waals surface area contributed by atoms with E-state index >= 15 is 0 Å². The van der Waals surface area contributed by atoms with E-state index in [9.17, 15) is 4.79 Å². The third-order valence-corrected chi connectivity index (χ3v) is 3.71. The van der Waals surface area contributed by atoms with Crippen LogP contribution in [-0.2, 0) is 4.74 Å². The quantitative estimate of drug-likeness (QED) is 0.909. The lowest BCUT2D eigenvalue weighted by Gasteiger charge is -2.17. The monoisotopic (exact) mass is 286 g/mol. The second-order valence-corrected chi connectivity index (χ2v) is 5.07. The molecule has 1 aliphatic heterocycles. The number of hydrogen-bond donors (Lipinski definition) is 2. The number of rotatable bonds is 3. The molecule has 6 heteroatoms. The van der Waals surface area contributed by atoms with E-state index in [2.05, 4.69) is 15.5 Å². The number of hydrogen-bond acceptors (Lipinski definition) is 3. The molecule has 1 unspecified atom stereocenters. The Kier molecular flexibility index (Phi) is 3.87. The average molecular weight is 286 g/mol. The zero-order valence-electron chi connectivity index (χ0n) is 11.9. The van der Waals surface area contributed by atoms with Crippen LogP contribution in [0.15, 0.2) is 36.5 Å². The van der Waals surface area contributed by atoms with Crippen LogP contribution in [-0.4, -0.2) is 47.4 Å². The van der Waals surface area contributed by atoms with E-state index in [1.54, 1.807) is 18.2 Å². The van der Waals surface area contributed by atoms with E-state index in [0.29, 0.717) is 6.54 Å². The van der Waals surface area contributed by atoms with Gasteiger partial charge in [-0.2, -0.15) is 5.10 Å². The first-order valence-electron chi connectivity index (χ1n) is 6.95. The van der Waals surface area contributed by atoms with Crippen molar-refractivity contribution in [1.82, 2.24) is 15.1 Å². The van der Waals surface area contributed by atoms with Gasteiger partial charge in [0.05, 0.1) is 11.8 Å². The summed E-state index contributed by atoms with van der Waals surface area (Å²) in [6.45, 7) is 1.38. The highest BCUT2D eigenvalue weighted by atomic mass is 16.5. The molecule has 1 aromatic heterocycles. The topological polar surface area (TPSA) is 70.2 Å². The first-order valence-corrected chi connectivity index (χ1v) is 6.95. The van der Waals surface area contributed by atoms with Crippen LogP contribution in [0.3, 0.4) is 0 Å². The molecule has 0 aliphatic carbocycles. The molecule has 21 heavy (non-hydrogen) atoms. The molecular weight excluding hydrogens is 268 g/mol. The number of aromatic nitrogens is 2. The maximum Gasteiger partial charge on any atom is 0.321 e. The Morgan fingerprint density at radius 3 is 2.81 bits per heavy atom. The molecule has 2 amide bonds. The Morgan fingerprint density at radius 2 is 2.19 bits per heavy atom. The van der Waals surface area contributed by atoms with Gasteiger partial charge in [-0.05, 0) is 30.2 Å². The number of ether oxygens (including phenoxy) is 1. The normalized spacial score (nSPS) is 18.0. The fourth-order valence-electron chi connectivity index (χ4n) is 2.46. The molecule has 2 heterocycles. The Labute approximate surface area is 123 Å². The molecule has 3 rings (SSSR count). The van der Waals surface area contributed by atoms with Crippen molar-refractivity contribution in [1.29, 1.82) is 0 Å². The zero-order valence-corrected chi connectivity index (χ0v) is 11.9. The summed E-state index contributed by atoms with van der Waals surface area (Å²) in [5, 5.41) is 9.74. The highest BCUT2D eigenvalue weighted by Gasteiger charge is 2.25. The minimum Gasteiger partial charge on any atom is -0.380 e. The third-order valence-electron chi connectivity index (χ3n) is 3.71. The number of methoxy groups -OCH3 is 1. The predicted octanol–water partition coefficient (Wildman–Crippen LogP) is 2.33. The number of nitrogens with one attached hydrogen (secondary N) is 2. The smallest absolute Gasteiger partial charge is 0.321 e. The van der Waals surface area contributed by atoms with Gasteiger partial charge in [-0.3, -0.25) is 5.10 Å². The third kappa shape index (κ3) is 3.05. The second kappa shape index (κ2) is 5.97. The molecule has 1 aliphatic rings. The molecule has 0 spiro atoms. The number of H-pyrrole nitrogens is 1. The molecule has 0 bridgehead atoms. The van der Waals surface area contributed by atoms with Gasteiger partial charge < -0.3 is 15.0 Å². The van der Waals surface area contributed by atoms with Crippen LogP contribution in [0.25, 0.3) is 11.3 Å². The number of benzene rings is 1. The van der Waals surface area contributed by atoms with E-state index in [0.717, 1.165) is 29.9 Å². The molecule has 2 N–H and O–H groups in total. The Morgan fingerprint density at radius 1 is 1.38 bits per heavy atom. The SMILES string of the molecule is COC1CCN(C(=O)Nc2ccc(-c3ccn[nH]3)cc2)C1. The van der Waals surface area contributed by atoms with Gasteiger partial charge in [-0.25, -0.2) is 4.79 Å². The van der Waals surface area contributed by atoms with Crippen molar-refractivity contribution in [2.45, 2.75) is 12.5 Å². The predicted molar refractivity (Wildman–Crippen MR) is 80.0 cm³/mol. The lowest BCUT2D eigenvalue weighted by molar-refractivity contribution is 0.111. The Bertz CT molecular complexity index is 595. The van der Waals surface area contributed by atoms with Crippen LogP contribution < -0.4 is 5.32 Å². The summed E-state index contributed by atoms with van der Waals surface area (Å²) in [6.07, 6.45) is 2.76. The Hall–Kier alpha value is -2.34. The van der Waals surface area contributed by atoms with Crippen LogP contribution in [0.4, 0.5) is 10.5 Å². The largest absolute Gasteiger partial charge is 0.380 e. The average Bonchev–Trinajstić information content (AvgIpc) is 3.19. The summed E-state index contributed by atoms with van der Waals surface area (Å²) in [5.41, 5.74) is 2.77. The summed E-state index contributed by atoms with van der Waals surface area (Å²) >= 11 is 0. The van der Waals surface area contributed by atoms with E-state index in [4.69, 9.17) is 4.74 Å². The maximum absolute atomic E-state index is 12.1. The highest BCUT2D eigenvalue weighted by Crippen LogP contribution is 2.20. The molecule has 1 saturated heterocycles. The molecule has 110 valence electrons. The molecular formula is C15H18N4O2. The number of aromatic amines is 1. The second-order valence-electron chi connectivity index (χ2n) is 5.07. The van der Waals surface area contributed by atoms with E-state index in [1.807, 2.05) is 30.3 Å². The fraction of sp³-hybridized carbons (Fsp3) is 0.333. The van der Waals surface area contributed by atoms with Gasteiger partial charge in [0, 0.05) is 32.1 Å². The van der Waals surface area contributed by atoms with Gasteiger partial charge in [0.1, 0.15) is 0 Å². The van der Waals surface area contributed by atoms with E-state index in [1.165, 1.54) is 0 Å². The minimum atomic E-state index is -0.0798. The van der Waals surface area contributed by atoms with Crippen LogP contribution in [0.5, 0.6) is 0 Å². The van der Waals surface area contributed by atoms with Crippen molar-refractivity contribution < 1.29 is 9.53 Å². The van der Waals surface area contributed by atoms with Gasteiger partial charge in [0.2, 0.25) is 0 Å². The highest BCUT2D eigenvalue weighted by molar-refractivity contribution is 5.89. The van der Waals surface area contributed by atoms with Crippen LogP contribution in [0.2, 0.25) is 0 Å². The van der Waals surface area contributed by atoms with Crippen molar-refractivity contribution in [3.05, 3.63) is 36.5 Å². The molecule has 1 fully saturated rings. The van der Waals surface area contributed by atoms with Crippen molar-refractivity contribution >= 4 is 11.7 Å². The molecule has 6 nitrogen and oxygen atoms in total. The molecule has 1 atom stereocenters. The maximum atomic E-state index is 12.1. The van der Waals surface area contributed by atoms with Gasteiger partial charge in [0.25, 0.3) is 0 Å². The fourth-order valence-corrected chi connectivity index (χ4v) is 2.46. The van der Waals surface area contributed by atoms with Crippen molar-refractivity contribution in [3.8, 4) is 11.3 Å². The van der Waals surface area contributed by atoms with Crippen molar-refractivity contribution in [2.24, 2.45) is 0 Å². The summed E-state index contributed by atoms with van der Waals surface area (Å²) < 4.78 is 5.27. The van der Waals surface area contributed by atoms with Gasteiger partial charge in [-0.15, -0.1) is 0 Å². The zero-order chi connectivity index (χ0) is 14.7. The summed E-state index contributed by atoms with van der Waals surface area (Å²) in [7, 11) is 1.68. The standard InChI is InChI=1S/C15H18N4O2/c1-21-13-7-9-19(10-13)15(20)17-12-4-2-11(3-5-12)14-6-8-16-18-14/h2-6,8,13H,7,9-10H2,1H3,(H,16,18)(H,17,20). The molecule has 0 saturated carbocycles.